The predicted molar refractivity (Wildman–Crippen MR) is 27.8 cm³/mol. The van der Waals surface area contributed by atoms with E-state index < -0.39 is 4.92 Å². The third kappa shape index (κ3) is 5.10. The van der Waals surface area contributed by atoms with Gasteiger partial charge in [0.25, 0.3) is 0 Å². The van der Waals surface area contributed by atoms with E-state index in [2.05, 4.69) is 0 Å². The molecule has 0 spiro atoms. The van der Waals surface area contributed by atoms with Crippen LogP contribution < -0.4 is 0 Å². The minimum Gasteiger partial charge on any atom is -0.396 e. The molecule has 0 amide bonds. The van der Waals surface area contributed by atoms with Crippen molar-refractivity contribution in [1.29, 1.82) is 0 Å². The van der Waals surface area contributed by atoms with Crippen LogP contribution in [0.4, 0.5) is 0 Å². The zero-order chi connectivity index (χ0) is 6.41. The van der Waals surface area contributed by atoms with Gasteiger partial charge in [0.05, 0.1) is 4.92 Å². The van der Waals surface area contributed by atoms with Gasteiger partial charge < -0.3 is 5.11 Å². The summed E-state index contributed by atoms with van der Waals surface area (Å²) in [6.45, 7) is -0.0374. The van der Waals surface area contributed by atoms with Gasteiger partial charge in [-0.3, -0.25) is 10.1 Å². The van der Waals surface area contributed by atoms with Crippen LogP contribution in [0, 0.1) is 10.1 Å². The van der Waals surface area contributed by atoms with Crippen LogP contribution in [0.3, 0.4) is 0 Å². The lowest BCUT2D eigenvalue weighted by Crippen LogP contribution is -1.83. The van der Waals surface area contributed by atoms with E-state index in [0.717, 1.165) is 6.20 Å². The molecule has 8 heavy (non-hydrogen) atoms. The largest absolute Gasteiger partial charge is 0.396 e. The number of aliphatic hydroxyl groups is 1. The summed E-state index contributed by atoms with van der Waals surface area (Å²) >= 11 is 0. The van der Waals surface area contributed by atoms with E-state index in [1.54, 1.807) is 0 Å². The van der Waals surface area contributed by atoms with Gasteiger partial charge in [0, 0.05) is 6.61 Å². The van der Waals surface area contributed by atoms with Crippen LogP contribution in [0.25, 0.3) is 0 Å². The average molecular weight is 117 g/mol. The lowest BCUT2D eigenvalue weighted by Gasteiger charge is -1.78. The summed E-state index contributed by atoms with van der Waals surface area (Å²) in [6.07, 6.45) is 2.47. The summed E-state index contributed by atoms with van der Waals surface area (Å²) in [4.78, 5) is 8.95. The first-order valence-corrected chi connectivity index (χ1v) is 2.18. The Bertz CT molecular complexity index is 99.5. The zero-order valence-corrected chi connectivity index (χ0v) is 4.28. The van der Waals surface area contributed by atoms with E-state index in [4.69, 9.17) is 5.11 Å². The van der Waals surface area contributed by atoms with Crippen LogP contribution in [-0.4, -0.2) is 16.6 Å². The van der Waals surface area contributed by atoms with E-state index in [1.807, 2.05) is 0 Å². The Morgan fingerprint density at radius 2 is 2.38 bits per heavy atom. The quantitative estimate of drug-likeness (QED) is 0.423. The predicted octanol–water partition coefficient (Wildman–Crippen LogP) is 0.159. The minimum atomic E-state index is -0.560. The summed E-state index contributed by atoms with van der Waals surface area (Å²) in [5.74, 6) is 0. The molecule has 0 aliphatic carbocycles. The highest BCUT2D eigenvalue weighted by molar-refractivity contribution is 4.70. The van der Waals surface area contributed by atoms with Crippen molar-refractivity contribution in [3.63, 3.8) is 0 Å². The molecule has 0 saturated carbocycles. The van der Waals surface area contributed by atoms with Gasteiger partial charge in [0.1, 0.15) is 0 Å². The molecule has 46 valence electrons. The fraction of sp³-hybridized carbons (Fsp3) is 0.500. The third-order valence-corrected chi connectivity index (χ3v) is 0.523. The number of nitro groups is 1. The molecule has 0 atom stereocenters. The maximum atomic E-state index is 9.51. The highest BCUT2D eigenvalue weighted by Gasteiger charge is 1.80. The molecular weight excluding hydrogens is 110 g/mol. The SMILES string of the molecule is O=[N+]([O-])/C=C/CCO. The molecule has 0 fully saturated rings. The van der Waals surface area contributed by atoms with Gasteiger partial charge in [-0.2, -0.15) is 0 Å². The van der Waals surface area contributed by atoms with E-state index in [1.165, 1.54) is 6.08 Å². The number of hydrogen-bond acceptors (Lipinski definition) is 3. The number of nitrogens with zero attached hydrogens (tertiary/aromatic N) is 1. The van der Waals surface area contributed by atoms with Gasteiger partial charge in [-0.25, -0.2) is 0 Å². The number of hydrogen-bond donors (Lipinski definition) is 1. The van der Waals surface area contributed by atoms with Crippen LogP contribution in [-0.2, 0) is 0 Å². The van der Waals surface area contributed by atoms with Gasteiger partial charge in [0.15, 0.2) is 0 Å². The minimum absolute atomic E-state index is 0.0374. The Hall–Kier alpha value is -0.900. The molecule has 4 nitrogen and oxygen atoms in total. The molecule has 0 aromatic heterocycles. The number of rotatable bonds is 3. The van der Waals surface area contributed by atoms with Crippen LogP contribution in [0.15, 0.2) is 12.3 Å². The smallest absolute Gasteiger partial charge is 0.230 e. The van der Waals surface area contributed by atoms with Crippen molar-refractivity contribution in [2.45, 2.75) is 6.42 Å². The maximum absolute atomic E-state index is 9.51. The first-order valence-electron chi connectivity index (χ1n) is 2.18. The second kappa shape index (κ2) is 4.26. The van der Waals surface area contributed by atoms with Gasteiger partial charge >= 0.3 is 0 Å². The van der Waals surface area contributed by atoms with Crippen molar-refractivity contribution in [3.05, 3.63) is 22.4 Å². The molecule has 0 aromatic rings. The van der Waals surface area contributed by atoms with E-state index in [-0.39, 0.29) is 6.61 Å². The van der Waals surface area contributed by atoms with Crippen LogP contribution in [0.2, 0.25) is 0 Å². The van der Waals surface area contributed by atoms with Crippen molar-refractivity contribution < 1.29 is 10.0 Å². The van der Waals surface area contributed by atoms with Gasteiger partial charge in [0.2, 0.25) is 6.20 Å². The first kappa shape index (κ1) is 7.10. The summed E-state index contributed by atoms with van der Waals surface area (Å²) < 4.78 is 0. The Morgan fingerprint density at radius 3 is 2.75 bits per heavy atom. The van der Waals surface area contributed by atoms with Gasteiger partial charge in [-0.05, 0) is 12.5 Å². The van der Waals surface area contributed by atoms with Gasteiger partial charge in [-0.15, -0.1) is 0 Å². The summed E-state index contributed by atoms with van der Waals surface area (Å²) in [5, 5.41) is 17.6. The fourth-order valence-electron chi connectivity index (χ4n) is 0.235. The second-order valence-electron chi connectivity index (χ2n) is 1.18. The van der Waals surface area contributed by atoms with E-state index in [9.17, 15) is 10.1 Å². The van der Waals surface area contributed by atoms with Gasteiger partial charge in [-0.1, -0.05) is 0 Å². The lowest BCUT2D eigenvalue weighted by molar-refractivity contribution is -0.402. The highest BCUT2D eigenvalue weighted by atomic mass is 16.6. The Morgan fingerprint density at radius 1 is 1.75 bits per heavy atom. The molecule has 1 N–H and O–H groups in total. The summed E-state index contributed by atoms with van der Waals surface area (Å²) in [5.41, 5.74) is 0. The molecule has 4 heteroatoms. The maximum Gasteiger partial charge on any atom is 0.230 e. The standard InChI is InChI=1S/C4H7NO3/c6-4-2-1-3-5(7)8/h1,3,6H,2,4H2/b3-1+. The van der Waals surface area contributed by atoms with Crippen molar-refractivity contribution in [1.82, 2.24) is 0 Å². The molecule has 0 rings (SSSR count). The fourth-order valence-corrected chi connectivity index (χ4v) is 0.235. The molecule has 0 saturated heterocycles. The molecule has 0 aromatic carbocycles. The van der Waals surface area contributed by atoms with Crippen LogP contribution in [0.1, 0.15) is 6.42 Å². The summed E-state index contributed by atoms with van der Waals surface area (Å²) in [7, 11) is 0. The zero-order valence-electron chi connectivity index (χ0n) is 4.28. The molecule has 0 aliphatic rings. The van der Waals surface area contributed by atoms with E-state index >= 15 is 0 Å². The Balaban J connectivity index is 3.20. The van der Waals surface area contributed by atoms with E-state index in [0.29, 0.717) is 6.42 Å². The molecule has 0 aliphatic heterocycles. The average Bonchev–Trinajstić information content (AvgIpc) is 1.66. The Kier molecular flexibility index (Phi) is 3.78. The van der Waals surface area contributed by atoms with Crippen LogP contribution in [0.5, 0.6) is 0 Å². The monoisotopic (exact) mass is 117 g/mol. The third-order valence-electron chi connectivity index (χ3n) is 0.523. The molecule has 0 bridgehead atoms. The lowest BCUT2D eigenvalue weighted by atomic mass is 10.4. The van der Waals surface area contributed by atoms with Crippen molar-refractivity contribution >= 4 is 0 Å². The van der Waals surface area contributed by atoms with Crippen molar-refractivity contribution in [2.75, 3.05) is 6.61 Å². The highest BCUT2D eigenvalue weighted by Crippen LogP contribution is 1.79. The Labute approximate surface area is 46.6 Å². The first-order chi connectivity index (χ1) is 3.77. The topological polar surface area (TPSA) is 63.4 Å². The number of aliphatic hydroxyl groups excluding tert-OH is 1. The molecule has 0 heterocycles. The van der Waals surface area contributed by atoms with Crippen molar-refractivity contribution in [2.24, 2.45) is 0 Å². The molecule has 0 radical (unpaired) electrons. The second-order valence-corrected chi connectivity index (χ2v) is 1.18. The summed E-state index contributed by atoms with van der Waals surface area (Å²) in [6, 6.07) is 0. The molecular formula is C4H7NO3. The van der Waals surface area contributed by atoms with Crippen LogP contribution >= 0.6 is 0 Å². The van der Waals surface area contributed by atoms with Crippen molar-refractivity contribution in [3.8, 4) is 0 Å². The normalized spacial score (nSPS) is 10.1. The molecule has 0 unspecified atom stereocenters.